The minimum absolute atomic E-state index is 0.00473. The van der Waals surface area contributed by atoms with Gasteiger partial charge in [-0.1, -0.05) is 6.07 Å². The number of hydrogen-bond acceptors (Lipinski definition) is 6. The van der Waals surface area contributed by atoms with Crippen LogP contribution in [0.3, 0.4) is 0 Å². The van der Waals surface area contributed by atoms with E-state index >= 15 is 0 Å². The van der Waals surface area contributed by atoms with E-state index in [1.54, 1.807) is 0 Å². The lowest BCUT2D eigenvalue weighted by atomic mass is 10.1. The van der Waals surface area contributed by atoms with Gasteiger partial charge in [0.25, 0.3) is 17.1 Å². The Kier molecular flexibility index (Phi) is 4.30. The highest BCUT2D eigenvalue weighted by atomic mass is 16.6. The fourth-order valence-corrected chi connectivity index (χ4v) is 2.09. The van der Waals surface area contributed by atoms with Crippen molar-refractivity contribution in [3.05, 3.63) is 73.0 Å². The first-order valence-electron chi connectivity index (χ1n) is 6.50. The van der Waals surface area contributed by atoms with Crippen LogP contribution in [0.25, 0.3) is 0 Å². The molecule has 9 nitrogen and oxygen atoms in total. The first kappa shape index (κ1) is 16.0. The van der Waals surface area contributed by atoms with E-state index in [-0.39, 0.29) is 38.7 Å². The average Bonchev–Trinajstić information content (AvgIpc) is 2.48. The van der Waals surface area contributed by atoms with Gasteiger partial charge in [0, 0.05) is 23.3 Å². The first-order valence-corrected chi connectivity index (χ1v) is 6.50. The minimum Gasteiger partial charge on any atom is -0.594 e. The van der Waals surface area contributed by atoms with E-state index in [1.807, 2.05) is 0 Å². The van der Waals surface area contributed by atoms with Crippen molar-refractivity contribution in [1.82, 2.24) is 0 Å². The average molecular weight is 316 g/mol. The van der Waals surface area contributed by atoms with Gasteiger partial charge < -0.3 is 5.21 Å². The molecule has 2 aromatic carbocycles. The lowest BCUT2D eigenvalue weighted by Gasteiger charge is -2.05. The summed E-state index contributed by atoms with van der Waals surface area (Å²) in [6.07, 6.45) is 0. The van der Waals surface area contributed by atoms with Gasteiger partial charge in [-0.3, -0.25) is 20.2 Å². The van der Waals surface area contributed by atoms with E-state index in [0.29, 0.717) is 0 Å². The highest BCUT2D eigenvalue weighted by Crippen LogP contribution is 2.31. The third kappa shape index (κ3) is 3.12. The Morgan fingerprint density at radius 2 is 1.26 bits per heavy atom. The summed E-state index contributed by atoms with van der Waals surface area (Å²) in [5.41, 5.74) is 0.177. The van der Waals surface area contributed by atoms with Crippen LogP contribution in [0.4, 0.5) is 22.7 Å². The smallest absolute Gasteiger partial charge is 0.279 e. The second-order valence-corrected chi connectivity index (χ2v) is 4.73. The third-order valence-electron chi connectivity index (χ3n) is 3.35. The Balaban J connectivity index is 2.54. The zero-order valence-corrected chi connectivity index (χ0v) is 12.3. The summed E-state index contributed by atoms with van der Waals surface area (Å²) in [4.78, 5) is 20.9. The van der Waals surface area contributed by atoms with Gasteiger partial charge in [0.05, 0.1) is 15.4 Å². The predicted molar refractivity (Wildman–Crippen MR) is 81.0 cm³/mol. The molecule has 0 heterocycles. The molecule has 0 saturated carbocycles. The Hall–Kier alpha value is -3.36. The molecule has 0 aromatic heterocycles. The van der Waals surface area contributed by atoms with Crippen LogP contribution in [0.1, 0.15) is 11.1 Å². The zero-order chi connectivity index (χ0) is 17.1. The molecule has 0 aliphatic carbocycles. The Morgan fingerprint density at radius 3 is 1.83 bits per heavy atom. The molecular weight excluding hydrogens is 304 g/mol. The van der Waals surface area contributed by atoms with Gasteiger partial charge in [0.15, 0.2) is 0 Å². The number of nitro benzene ring substituents is 2. The van der Waals surface area contributed by atoms with Crippen molar-refractivity contribution >= 4 is 22.7 Å². The van der Waals surface area contributed by atoms with Gasteiger partial charge in [-0.25, -0.2) is 0 Å². The second kappa shape index (κ2) is 6.18. The molecule has 0 aliphatic heterocycles. The van der Waals surface area contributed by atoms with Crippen molar-refractivity contribution in [1.29, 1.82) is 0 Å². The molecule has 0 spiro atoms. The van der Waals surface area contributed by atoms with Crippen molar-refractivity contribution < 1.29 is 14.7 Å². The van der Waals surface area contributed by atoms with Gasteiger partial charge in [-0.05, 0) is 30.8 Å². The topological polar surface area (TPSA) is 125 Å². The highest BCUT2D eigenvalue weighted by Gasteiger charge is 2.20. The SMILES string of the molecule is Cc1c(N=[N+]([O-])c2cccc([N+](=O)[O-])c2C)cccc1[N+](=O)[O-]. The molecule has 2 rings (SSSR count). The van der Waals surface area contributed by atoms with Gasteiger partial charge in [0.2, 0.25) is 0 Å². The van der Waals surface area contributed by atoms with Crippen molar-refractivity contribution in [2.24, 2.45) is 5.11 Å². The minimum atomic E-state index is -0.592. The molecule has 0 aliphatic rings. The molecule has 23 heavy (non-hydrogen) atoms. The Labute approximate surface area is 130 Å². The standard InChI is InChI=1S/C14H12N4O5/c1-9-11(5-3-7-13(9)17(20)21)15-16(19)12-6-4-8-14(10(12)2)18(22)23/h3-8H,1-2H3. The molecule has 0 atom stereocenters. The maximum Gasteiger partial charge on any atom is 0.279 e. The van der Waals surface area contributed by atoms with E-state index in [4.69, 9.17) is 0 Å². The summed E-state index contributed by atoms with van der Waals surface area (Å²) in [6.45, 7) is 2.92. The largest absolute Gasteiger partial charge is 0.594 e. The quantitative estimate of drug-likeness (QED) is 0.364. The third-order valence-corrected chi connectivity index (χ3v) is 3.35. The molecule has 0 bridgehead atoms. The van der Waals surface area contributed by atoms with Crippen molar-refractivity contribution in [3.8, 4) is 0 Å². The Morgan fingerprint density at radius 1 is 0.783 bits per heavy atom. The molecular formula is C14H12N4O5. The van der Waals surface area contributed by atoms with E-state index in [1.165, 1.54) is 50.2 Å². The van der Waals surface area contributed by atoms with Crippen molar-refractivity contribution in [2.45, 2.75) is 13.8 Å². The van der Waals surface area contributed by atoms with Crippen LogP contribution >= 0.6 is 0 Å². The molecule has 9 heteroatoms. The molecule has 2 aromatic rings. The summed E-state index contributed by atoms with van der Waals surface area (Å²) in [7, 11) is 0. The van der Waals surface area contributed by atoms with E-state index < -0.39 is 9.85 Å². The fourth-order valence-electron chi connectivity index (χ4n) is 2.09. The predicted octanol–water partition coefficient (Wildman–Crippen LogP) is 4.05. The maximum atomic E-state index is 12.2. The number of benzene rings is 2. The van der Waals surface area contributed by atoms with Crippen molar-refractivity contribution in [3.63, 3.8) is 0 Å². The number of nitro groups is 2. The number of azo groups is 1. The second-order valence-electron chi connectivity index (χ2n) is 4.73. The summed E-state index contributed by atoms with van der Waals surface area (Å²) in [5, 5.41) is 37.8. The lowest BCUT2D eigenvalue weighted by Crippen LogP contribution is -1.98. The van der Waals surface area contributed by atoms with Gasteiger partial charge in [-0.15, -0.1) is 0 Å². The molecule has 0 saturated heterocycles. The summed E-state index contributed by atoms with van der Waals surface area (Å²) in [6, 6.07) is 8.23. The molecule has 0 unspecified atom stereocenters. The van der Waals surface area contributed by atoms with Gasteiger partial charge in [-0.2, -0.15) is 0 Å². The van der Waals surface area contributed by atoms with Crippen LogP contribution < -0.4 is 0 Å². The van der Waals surface area contributed by atoms with E-state index in [0.717, 1.165) is 0 Å². The molecule has 0 N–H and O–H groups in total. The van der Waals surface area contributed by atoms with Crippen LogP contribution in [-0.4, -0.2) is 14.7 Å². The molecule has 0 radical (unpaired) electrons. The van der Waals surface area contributed by atoms with E-state index in [2.05, 4.69) is 5.11 Å². The molecule has 118 valence electrons. The normalized spacial score (nSPS) is 11.3. The first-order chi connectivity index (χ1) is 10.8. The Bertz CT molecular complexity index is 832. The fraction of sp³-hybridized carbons (Fsp3) is 0.143. The number of rotatable bonds is 4. The maximum absolute atomic E-state index is 12.2. The van der Waals surface area contributed by atoms with Crippen LogP contribution in [-0.2, 0) is 0 Å². The number of hydrogen-bond donors (Lipinski definition) is 0. The van der Waals surface area contributed by atoms with Crippen LogP contribution in [0.15, 0.2) is 41.5 Å². The number of nitrogens with zero attached hydrogens (tertiary/aromatic N) is 4. The lowest BCUT2D eigenvalue weighted by molar-refractivity contribution is -0.437. The zero-order valence-electron chi connectivity index (χ0n) is 12.3. The highest BCUT2D eigenvalue weighted by molar-refractivity contribution is 5.56. The molecule has 0 amide bonds. The monoisotopic (exact) mass is 316 g/mol. The summed E-state index contributed by atoms with van der Waals surface area (Å²) in [5.74, 6) is 0. The van der Waals surface area contributed by atoms with Crippen LogP contribution in [0.5, 0.6) is 0 Å². The van der Waals surface area contributed by atoms with E-state index in [9.17, 15) is 25.4 Å². The molecule has 0 fully saturated rings. The van der Waals surface area contributed by atoms with Crippen LogP contribution in [0.2, 0.25) is 0 Å². The summed E-state index contributed by atoms with van der Waals surface area (Å²) >= 11 is 0. The van der Waals surface area contributed by atoms with Gasteiger partial charge in [0.1, 0.15) is 11.3 Å². The van der Waals surface area contributed by atoms with Crippen LogP contribution in [0, 0.1) is 39.3 Å². The van der Waals surface area contributed by atoms with Gasteiger partial charge >= 0.3 is 0 Å². The summed E-state index contributed by atoms with van der Waals surface area (Å²) < 4.78 is 0. The van der Waals surface area contributed by atoms with Crippen molar-refractivity contribution in [2.75, 3.05) is 0 Å².